The van der Waals surface area contributed by atoms with E-state index in [0.29, 0.717) is 5.92 Å². The fourth-order valence-electron chi connectivity index (χ4n) is 1.11. The molecule has 0 bridgehead atoms. The second-order valence-electron chi connectivity index (χ2n) is 3.13. The number of benzene rings is 1. The molecule has 62 valence electrons. The highest BCUT2D eigenvalue weighted by Crippen LogP contribution is 2.31. The molecule has 12 heavy (non-hydrogen) atoms. The smallest absolute Gasteiger partial charge is 0.0828 e. The van der Waals surface area contributed by atoms with E-state index in [1.807, 2.05) is 30.3 Å². The molecule has 0 spiro atoms. The minimum absolute atomic E-state index is 0.653. The van der Waals surface area contributed by atoms with Gasteiger partial charge in [-0.25, -0.2) is 0 Å². The molecule has 0 radical (unpaired) electrons. The van der Waals surface area contributed by atoms with Gasteiger partial charge >= 0.3 is 0 Å². The van der Waals surface area contributed by atoms with E-state index in [1.165, 1.54) is 12.8 Å². The Morgan fingerprint density at radius 2 is 1.92 bits per heavy atom. The van der Waals surface area contributed by atoms with Gasteiger partial charge in [-0.15, -0.1) is 0 Å². The van der Waals surface area contributed by atoms with Crippen LogP contribution in [0.4, 0.5) is 5.69 Å². The summed E-state index contributed by atoms with van der Waals surface area (Å²) in [6, 6.07) is 10.1. The van der Waals surface area contributed by atoms with E-state index in [-0.39, 0.29) is 0 Å². The Balaban J connectivity index is 1.98. The van der Waals surface area contributed by atoms with Gasteiger partial charge in [0.15, 0.2) is 0 Å². The van der Waals surface area contributed by atoms with Crippen LogP contribution in [0.2, 0.25) is 0 Å². The fourth-order valence-corrected chi connectivity index (χ4v) is 1.46. The van der Waals surface area contributed by atoms with Crippen LogP contribution in [0.25, 0.3) is 0 Å². The van der Waals surface area contributed by atoms with Crippen molar-refractivity contribution in [1.82, 2.24) is 0 Å². The number of hydrogen-bond donors (Lipinski definition) is 1. The van der Waals surface area contributed by atoms with Crippen LogP contribution in [-0.4, -0.2) is 4.99 Å². The number of anilines is 1. The molecule has 0 atom stereocenters. The predicted molar refractivity (Wildman–Crippen MR) is 55.4 cm³/mol. The van der Waals surface area contributed by atoms with E-state index in [0.717, 1.165) is 10.7 Å². The number of para-hydroxylation sites is 1. The van der Waals surface area contributed by atoms with Crippen molar-refractivity contribution >= 4 is 22.9 Å². The molecule has 1 aromatic rings. The van der Waals surface area contributed by atoms with Crippen molar-refractivity contribution < 1.29 is 0 Å². The van der Waals surface area contributed by atoms with Gasteiger partial charge in [0.05, 0.1) is 4.99 Å². The highest BCUT2D eigenvalue weighted by Gasteiger charge is 2.25. The number of rotatable bonds is 2. The minimum atomic E-state index is 0.653. The second-order valence-corrected chi connectivity index (χ2v) is 3.57. The monoisotopic (exact) mass is 177 g/mol. The van der Waals surface area contributed by atoms with Crippen LogP contribution in [-0.2, 0) is 0 Å². The summed E-state index contributed by atoms with van der Waals surface area (Å²) in [5, 5.41) is 3.24. The first-order valence-electron chi connectivity index (χ1n) is 4.22. The average molecular weight is 177 g/mol. The number of thiocarbonyl (C=S) groups is 1. The lowest BCUT2D eigenvalue weighted by atomic mass is 10.3. The standard InChI is InChI=1S/C10H11NS/c12-10(8-6-7-8)11-9-4-2-1-3-5-9/h1-5,8H,6-7H2,(H,11,12). The van der Waals surface area contributed by atoms with Gasteiger partial charge in [-0.05, 0) is 25.0 Å². The van der Waals surface area contributed by atoms with Gasteiger partial charge in [0, 0.05) is 11.6 Å². The third kappa shape index (κ3) is 1.83. The van der Waals surface area contributed by atoms with Gasteiger partial charge in [0.25, 0.3) is 0 Å². The van der Waals surface area contributed by atoms with Crippen molar-refractivity contribution in [1.29, 1.82) is 0 Å². The minimum Gasteiger partial charge on any atom is -0.350 e. The molecule has 1 aromatic carbocycles. The van der Waals surface area contributed by atoms with Crippen molar-refractivity contribution in [2.75, 3.05) is 5.32 Å². The van der Waals surface area contributed by atoms with E-state index in [2.05, 4.69) is 5.32 Å². The molecule has 1 nitrogen and oxygen atoms in total. The van der Waals surface area contributed by atoms with Crippen molar-refractivity contribution in [3.8, 4) is 0 Å². The van der Waals surface area contributed by atoms with Crippen molar-refractivity contribution in [2.24, 2.45) is 5.92 Å². The van der Waals surface area contributed by atoms with Gasteiger partial charge in [-0.1, -0.05) is 30.4 Å². The molecule has 1 saturated carbocycles. The Morgan fingerprint density at radius 1 is 1.25 bits per heavy atom. The number of hydrogen-bond acceptors (Lipinski definition) is 1. The Bertz CT molecular complexity index is 277. The lowest BCUT2D eigenvalue weighted by Gasteiger charge is -2.05. The lowest BCUT2D eigenvalue weighted by Crippen LogP contribution is -2.10. The van der Waals surface area contributed by atoms with E-state index < -0.39 is 0 Å². The third-order valence-electron chi connectivity index (χ3n) is 1.99. The summed E-state index contributed by atoms with van der Waals surface area (Å²) in [6.45, 7) is 0. The highest BCUT2D eigenvalue weighted by atomic mass is 32.1. The first-order valence-corrected chi connectivity index (χ1v) is 4.63. The molecule has 0 heterocycles. The topological polar surface area (TPSA) is 12.0 Å². The first-order chi connectivity index (χ1) is 5.86. The van der Waals surface area contributed by atoms with Gasteiger partial charge in [0.1, 0.15) is 0 Å². The van der Waals surface area contributed by atoms with Crippen LogP contribution in [0.3, 0.4) is 0 Å². The molecule has 1 aliphatic carbocycles. The molecule has 2 rings (SSSR count). The Morgan fingerprint density at radius 3 is 2.50 bits per heavy atom. The van der Waals surface area contributed by atoms with E-state index >= 15 is 0 Å². The Labute approximate surface area is 77.8 Å². The summed E-state index contributed by atoms with van der Waals surface area (Å²) in [6.07, 6.45) is 2.53. The summed E-state index contributed by atoms with van der Waals surface area (Å²) < 4.78 is 0. The highest BCUT2D eigenvalue weighted by molar-refractivity contribution is 7.80. The SMILES string of the molecule is S=C(Nc1ccccc1)C1CC1. The lowest BCUT2D eigenvalue weighted by molar-refractivity contribution is 1.22. The third-order valence-corrected chi connectivity index (χ3v) is 2.42. The van der Waals surface area contributed by atoms with Crippen LogP contribution in [0.15, 0.2) is 30.3 Å². The maximum absolute atomic E-state index is 5.21. The van der Waals surface area contributed by atoms with Crippen molar-refractivity contribution in [3.05, 3.63) is 30.3 Å². The zero-order valence-electron chi connectivity index (χ0n) is 6.79. The average Bonchev–Trinajstić information content (AvgIpc) is 2.88. The maximum Gasteiger partial charge on any atom is 0.0828 e. The molecule has 1 fully saturated rings. The maximum atomic E-state index is 5.21. The largest absolute Gasteiger partial charge is 0.350 e. The van der Waals surface area contributed by atoms with E-state index in [1.54, 1.807) is 0 Å². The molecule has 0 aliphatic heterocycles. The quantitative estimate of drug-likeness (QED) is 0.697. The zero-order chi connectivity index (χ0) is 8.39. The molecule has 0 aromatic heterocycles. The van der Waals surface area contributed by atoms with Crippen molar-refractivity contribution in [3.63, 3.8) is 0 Å². The van der Waals surface area contributed by atoms with Gasteiger partial charge in [-0.2, -0.15) is 0 Å². The Hall–Kier alpha value is -0.890. The molecule has 2 heteroatoms. The van der Waals surface area contributed by atoms with Crippen molar-refractivity contribution in [2.45, 2.75) is 12.8 Å². The zero-order valence-corrected chi connectivity index (χ0v) is 7.60. The first kappa shape index (κ1) is 7.74. The molecule has 0 unspecified atom stereocenters. The van der Waals surface area contributed by atoms with Gasteiger partial charge in [-0.3, -0.25) is 0 Å². The summed E-state index contributed by atoms with van der Waals surface area (Å²) in [5.41, 5.74) is 1.11. The van der Waals surface area contributed by atoms with Crippen LogP contribution in [0, 0.1) is 5.92 Å². The molecule has 0 amide bonds. The second kappa shape index (κ2) is 3.23. The molecule has 1 N–H and O–H groups in total. The van der Waals surface area contributed by atoms with Gasteiger partial charge in [0.2, 0.25) is 0 Å². The Kier molecular flexibility index (Phi) is 2.09. The summed E-state index contributed by atoms with van der Waals surface area (Å²) in [7, 11) is 0. The molecule has 1 aliphatic rings. The number of nitrogens with one attached hydrogen (secondary N) is 1. The molecule has 0 saturated heterocycles. The van der Waals surface area contributed by atoms with Crippen LogP contribution in [0.1, 0.15) is 12.8 Å². The van der Waals surface area contributed by atoms with E-state index in [4.69, 9.17) is 12.2 Å². The molecular weight excluding hydrogens is 166 g/mol. The van der Waals surface area contributed by atoms with Crippen LogP contribution < -0.4 is 5.32 Å². The fraction of sp³-hybridized carbons (Fsp3) is 0.300. The predicted octanol–water partition coefficient (Wildman–Crippen LogP) is 2.84. The van der Waals surface area contributed by atoms with E-state index in [9.17, 15) is 0 Å². The summed E-state index contributed by atoms with van der Waals surface area (Å²) in [5.74, 6) is 0.653. The van der Waals surface area contributed by atoms with Crippen LogP contribution in [0.5, 0.6) is 0 Å². The van der Waals surface area contributed by atoms with Gasteiger partial charge < -0.3 is 5.32 Å². The summed E-state index contributed by atoms with van der Waals surface area (Å²) in [4.78, 5) is 1.00. The summed E-state index contributed by atoms with van der Waals surface area (Å²) >= 11 is 5.21. The normalized spacial score (nSPS) is 15.7. The molecular formula is C10H11NS. The van der Waals surface area contributed by atoms with Crippen LogP contribution >= 0.6 is 12.2 Å².